The first-order chi connectivity index (χ1) is 4.68. The highest BCUT2D eigenvalue weighted by Crippen LogP contribution is 1.94. The number of ether oxygens (including phenoxy) is 1. The SMILES string of the molecule is CSCCOC(C)C(=N)N. The Hall–Kier alpha value is -0.220. The minimum Gasteiger partial charge on any atom is -0.385 e. The fourth-order valence-corrected chi connectivity index (χ4v) is 0.661. The van der Waals surface area contributed by atoms with Gasteiger partial charge in [0.05, 0.1) is 6.61 Å². The molecule has 4 heteroatoms. The van der Waals surface area contributed by atoms with Crippen LogP contribution in [0.1, 0.15) is 6.92 Å². The van der Waals surface area contributed by atoms with Crippen LogP contribution in [0.2, 0.25) is 0 Å². The van der Waals surface area contributed by atoms with Gasteiger partial charge in [-0.25, -0.2) is 0 Å². The van der Waals surface area contributed by atoms with Crippen LogP contribution in [0.15, 0.2) is 0 Å². The van der Waals surface area contributed by atoms with E-state index in [1.807, 2.05) is 6.26 Å². The fourth-order valence-electron chi connectivity index (χ4n) is 0.398. The Morgan fingerprint density at radius 3 is 2.80 bits per heavy atom. The van der Waals surface area contributed by atoms with E-state index in [-0.39, 0.29) is 11.9 Å². The summed E-state index contributed by atoms with van der Waals surface area (Å²) in [6.45, 7) is 2.45. The van der Waals surface area contributed by atoms with Crippen molar-refractivity contribution >= 4 is 17.6 Å². The van der Waals surface area contributed by atoms with Crippen molar-refractivity contribution in [2.24, 2.45) is 5.73 Å². The molecule has 0 rings (SSSR count). The van der Waals surface area contributed by atoms with Gasteiger partial charge in [0.25, 0.3) is 0 Å². The van der Waals surface area contributed by atoms with Gasteiger partial charge >= 0.3 is 0 Å². The van der Waals surface area contributed by atoms with Crippen molar-refractivity contribution in [2.45, 2.75) is 13.0 Å². The molecule has 0 spiro atoms. The molecule has 10 heavy (non-hydrogen) atoms. The molecule has 0 aromatic heterocycles. The lowest BCUT2D eigenvalue weighted by molar-refractivity contribution is 0.123. The number of hydrogen-bond acceptors (Lipinski definition) is 3. The number of nitrogens with one attached hydrogen (secondary N) is 1. The smallest absolute Gasteiger partial charge is 0.120 e. The van der Waals surface area contributed by atoms with Crippen molar-refractivity contribution in [3.05, 3.63) is 0 Å². The molecule has 0 fully saturated rings. The van der Waals surface area contributed by atoms with E-state index in [0.717, 1.165) is 5.75 Å². The molecule has 0 bridgehead atoms. The summed E-state index contributed by atoms with van der Waals surface area (Å²) in [5.74, 6) is 1.05. The maximum atomic E-state index is 6.98. The molecular formula is C6H14N2OS. The fraction of sp³-hybridized carbons (Fsp3) is 0.833. The lowest BCUT2D eigenvalue weighted by Crippen LogP contribution is -2.28. The van der Waals surface area contributed by atoms with Crippen LogP contribution in [0.5, 0.6) is 0 Å². The van der Waals surface area contributed by atoms with E-state index in [1.54, 1.807) is 18.7 Å². The molecule has 1 atom stereocenters. The van der Waals surface area contributed by atoms with Gasteiger partial charge in [0.2, 0.25) is 0 Å². The molecule has 1 unspecified atom stereocenters. The summed E-state index contributed by atoms with van der Waals surface area (Å²) in [7, 11) is 0. The lowest BCUT2D eigenvalue weighted by Gasteiger charge is -2.09. The van der Waals surface area contributed by atoms with Gasteiger partial charge in [-0.2, -0.15) is 11.8 Å². The van der Waals surface area contributed by atoms with E-state index in [9.17, 15) is 0 Å². The molecule has 0 aliphatic rings. The van der Waals surface area contributed by atoms with Gasteiger partial charge in [0, 0.05) is 5.75 Å². The van der Waals surface area contributed by atoms with Crippen LogP contribution in [0.4, 0.5) is 0 Å². The van der Waals surface area contributed by atoms with Crippen LogP contribution in [-0.4, -0.2) is 30.6 Å². The van der Waals surface area contributed by atoms with Crippen molar-refractivity contribution < 1.29 is 4.74 Å². The summed E-state index contributed by atoms with van der Waals surface area (Å²) >= 11 is 1.72. The van der Waals surface area contributed by atoms with Gasteiger partial charge in [-0.1, -0.05) is 0 Å². The van der Waals surface area contributed by atoms with Crippen LogP contribution in [0, 0.1) is 5.41 Å². The summed E-state index contributed by atoms with van der Waals surface area (Å²) in [4.78, 5) is 0. The van der Waals surface area contributed by atoms with Crippen molar-refractivity contribution in [1.29, 1.82) is 5.41 Å². The van der Waals surface area contributed by atoms with E-state index < -0.39 is 0 Å². The third-order valence-corrected chi connectivity index (χ3v) is 1.67. The highest BCUT2D eigenvalue weighted by molar-refractivity contribution is 7.98. The minimum atomic E-state index is -0.229. The number of rotatable bonds is 5. The summed E-state index contributed by atoms with van der Waals surface area (Å²) < 4.78 is 5.17. The standard InChI is InChI=1S/C6H14N2OS/c1-5(6(7)8)9-3-4-10-2/h5H,3-4H2,1-2H3,(H3,7,8). The second-order valence-corrected chi connectivity index (χ2v) is 2.95. The van der Waals surface area contributed by atoms with Gasteiger partial charge in [0.15, 0.2) is 0 Å². The quantitative estimate of drug-likeness (QED) is 0.355. The Morgan fingerprint density at radius 1 is 1.80 bits per heavy atom. The zero-order chi connectivity index (χ0) is 7.98. The zero-order valence-corrected chi connectivity index (χ0v) is 7.20. The number of thioether (sulfide) groups is 1. The average molecular weight is 162 g/mol. The maximum absolute atomic E-state index is 6.98. The van der Waals surface area contributed by atoms with E-state index in [0.29, 0.717) is 6.61 Å². The van der Waals surface area contributed by atoms with Crippen molar-refractivity contribution in [2.75, 3.05) is 18.6 Å². The normalized spacial score (nSPS) is 13.0. The van der Waals surface area contributed by atoms with Crippen molar-refractivity contribution in [1.82, 2.24) is 0 Å². The first-order valence-corrected chi connectivity index (χ1v) is 4.52. The van der Waals surface area contributed by atoms with E-state index in [2.05, 4.69) is 0 Å². The van der Waals surface area contributed by atoms with Crippen LogP contribution in [-0.2, 0) is 4.74 Å². The third kappa shape index (κ3) is 4.64. The molecule has 60 valence electrons. The van der Waals surface area contributed by atoms with Gasteiger partial charge < -0.3 is 10.5 Å². The first kappa shape index (κ1) is 9.78. The second-order valence-electron chi connectivity index (χ2n) is 1.96. The van der Waals surface area contributed by atoms with Crippen LogP contribution < -0.4 is 5.73 Å². The Kier molecular flexibility index (Phi) is 5.43. The molecule has 3 nitrogen and oxygen atoms in total. The number of hydrogen-bond donors (Lipinski definition) is 2. The molecule has 0 aromatic carbocycles. The molecule has 0 radical (unpaired) electrons. The van der Waals surface area contributed by atoms with Crippen LogP contribution in [0.25, 0.3) is 0 Å². The van der Waals surface area contributed by atoms with Gasteiger partial charge in [0.1, 0.15) is 11.9 Å². The average Bonchev–Trinajstić information content (AvgIpc) is 1.88. The molecule has 0 heterocycles. The summed E-state index contributed by atoms with van der Waals surface area (Å²) in [5, 5.41) is 6.98. The molecule has 0 saturated heterocycles. The molecule has 0 aliphatic carbocycles. The zero-order valence-electron chi connectivity index (χ0n) is 6.39. The highest BCUT2D eigenvalue weighted by atomic mass is 32.2. The molecule has 0 amide bonds. The van der Waals surface area contributed by atoms with E-state index >= 15 is 0 Å². The van der Waals surface area contributed by atoms with Crippen molar-refractivity contribution in [3.8, 4) is 0 Å². The molecule has 0 aromatic rings. The monoisotopic (exact) mass is 162 g/mol. The summed E-state index contributed by atoms with van der Waals surface area (Å²) in [6.07, 6.45) is 1.79. The largest absolute Gasteiger partial charge is 0.385 e. The first-order valence-electron chi connectivity index (χ1n) is 3.13. The predicted octanol–water partition coefficient (Wildman–Crippen LogP) is 0.690. The number of nitrogens with two attached hydrogens (primary N) is 1. The van der Waals surface area contributed by atoms with E-state index in [1.165, 1.54) is 0 Å². The third-order valence-electron chi connectivity index (χ3n) is 1.09. The highest BCUT2D eigenvalue weighted by Gasteiger charge is 2.02. The molecule has 3 N–H and O–H groups in total. The number of amidine groups is 1. The van der Waals surface area contributed by atoms with Gasteiger partial charge in [-0.05, 0) is 13.2 Å². The second kappa shape index (κ2) is 5.56. The van der Waals surface area contributed by atoms with E-state index in [4.69, 9.17) is 15.9 Å². The summed E-state index contributed by atoms with van der Waals surface area (Å²) in [6, 6.07) is 0. The topological polar surface area (TPSA) is 59.1 Å². The summed E-state index contributed by atoms with van der Waals surface area (Å²) in [5.41, 5.74) is 5.17. The molecule has 0 aliphatic heterocycles. The Bertz CT molecular complexity index is 108. The van der Waals surface area contributed by atoms with Gasteiger partial charge in [-0.15, -0.1) is 0 Å². The minimum absolute atomic E-state index is 0.0982. The Balaban J connectivity index is 3.21. The molecular weight excluding hydrogens is 148 g/mol. The van der Waals surface area contributed by atoms with Crippen LogP contribution in [0.3, 0.4) is 0 Å². The van der Waals surface area contributed by atoms with Crippen LogP contribution >= 0.6 is 11.8 Å². The Morgan fingerprint density at radius 2 is 2.40 bits per heavy atom. The van der Waals surface area contributed by atoms with Crippen molar-refractivity contribution in [3.63, 3.8) is 0 Å². The molecule has 0 saturated carbocycles. The Labute approximate surface area is 65.8 Å². The predicted molar refractivity (Wildman–Crippen MR) is 45.7 cm³/mol. The lowest BCUT2D eigenvalue weighted by atomic mass is 10.4. The maximum Gasteiger partial charge on any atom is 0.120 e. The van der Waals surface area contributed by atoms with Gasteiger partial charge in [-0.3, -0.25) is 5.41 Å².